The Kier molecular flexibility index (Phi) is 6.32. The SMILES string of the molecule is CC(C1CCC(CCN2CCN(c3nccc4c3OCC4)CC2)CC1)S(N)(=O)=O. The zero-order valence-electron chi connectivity index (χ0n) is 17.4. The molecule has 0 amide bonds. The third-order valence-electron chi connectivity index (χ3n) is 7.18. The van der Waals surface area contributed by atoms with E-state index in [2.05, 4.69) is 20.9 Å². The molecule has 7 nitrogen and oxygen atoms in total. The first kappa shape index (κ1) is 20.9. The van der Waals surface area contributed by atoms with Crippen molar-refractivity contribution in [2.75, 3.05) is 44.2 Å². The summed E-state index contributed by atoms with van der Waals surface area (Å²) in [5.41, 5.74) is 1.28. The third-order valence-corrected chi connectivity index (χ3v) is 8.61. The van der Waals surface area contributed by atoms with Gasteiger partial charge in [-0.05, 0) is 50.6 Å². The molecule has 0 aromatic carbocycles. The van der Waals surface area contributed by atoms with Crippen LogP contribution in [0, 0.1) is 11.8 Å². The molecular weight excluding hydrogens is 388 g/mol. The van der Waals surface area contributed by atoms with Crippen LogP contribution in [0.1, 0.15) is 44.6 Å². The summed E-state index contributed by atoms with van der Waals surface area (Å²) >= 11 is 0. The van der Waals surface area contributed by atoms with Crippen molar-refractivity contribution in [2.24, 2.45) is 17.0 Å². The van der Waals surface area contributed by atoms with Gasteiger partial charge in [0.2, 0.25) is 10.0 Å². The van der Waals surface area contributed by atoms with Crippen molar-refractivity contribution < 1.29 is 13.2 Å². The number of piperazine rings is 1. The lowest BCUT2D eigenvalue weighted by Crippen LogP contribution is -2.47. The van der Waals surface area contributed by atoms with Crippen LogP contribution in [0.2, 0.25) is 0 Å². The quantitative estimate of drug-likeness (QED) is 0.754. The maximum atomic E-state index is 11.6. The summed E-state index contributed by atoms with van der Waals surface area (Å²) in [6.07, 6.45) is 8.33. The molecule has 3 heterocycles. The van der Waals surface area contributed by atoms with Crippen LogP contribution in [-0.2, 0) is 16.4 Å². The molecule has 2 aliphatic heterocycles. The largest absolute Gasteiger partial charge is 0.489 e. The summed E-state index contributed by atoms with van der Waals surface area (Å²) in [7, 11) is -3.41. The molecular formula is C21H34N4O3S. The second-order valence-electron chi connectivity index (χ2n) is 8.91. The molecule has 162 valence electrons. The number of anilines is 1. The molecule has 1 aromatic heterocycles. The molecule has 3 aliphatic rings. The molecule has 4 rings (SSSR count). The molecule has 1 saturated carbocycles. The Bertz CT molecular complexity index is 800. The highest BCUT2D eigenvalue weighted by atomic mass is 32.2. The van der Waals surface area contributed by atoms with E-state index in [1.54, 1.807) is 6.92 Å². The van der Waals surface area contributed by atoms with Gasteiger partial charge in [-0.2, -0.15) is 0 Å². The van der Waals surface area contributed by atoms with Crippen molar-refractivity contribution in [3.8, 4) is 5.75 Å². The average molecular weight is 423 g/mol. The first-order chi connectivity index (χ1) is 13.9. The second-order valence-corrected chi connectivity index (χ2v) is 10.8. The molecule has 2 fully saturated rings. The van der Waals surface area contributed by atoms with E-state index in [1.165, 1.54) is 12.0 Å². The van der Waals surface area contributed by atoms with Crippen LogP contribution in [0.5, 0.6) is 5.75 Å². The number of hydrogen-bond donors (Lipinski definition) is 1. The summed E-state index contributed by atoms with van der Waals surface area (Å²) in [6, 6.07) is 2.07. The summed E-state index contributed by atoms with van der Waals surface area (Å²) in [6.45, 7) is 7.77. The van der Waals surface area contributed by atoms with Gasteiger partial charge >= 0.3 is 0 Å². The molecule has 1 aromatic rings. The van der Waals surface area contributed by atoms with Gasteiger partial charge in [-0.25, -0.2) is 18.5 Å². The molecule has 0 spiro atoms. The van der Waals surface area contributed by atoms with Gasteiger partial charge in [0, 0.05) is 44.4 Å². The van der Waals surface area contributed by atoms with E-state index in [4.69, 9.17) is 9.88 Å². The lowest BCUT2D eigenvalue weighted by atomic mass is 9.79. The first-order valence-electron chi connectivity index (χ1n) is 11.0. The molecule has 1 aliphatic carbocycles. The van der Waals surface area contributed by atoms with Crippen molar-refractivity contribution in [2.45, 2.75) is 50.7 Å². The van der Waals surface area contributed by atoms with E-state index >= 15 is 0 Å². The minimum Gasteiger partial charge on any atom is -0.489 e. The number of rotatable bonds is 6. The van der Waals surface area contributed by atoms with Crippen molar-refractivity contribution in [3.05, 3.63) is 17.8 Å². The predicted molar refractivity (Wildman–Crippen MR) is 115 cm³/mol. The number of sulfonamides is 1. The lowest BCUT2D eigenvalue weighted by Gasteiger charge is -2.37. The zero-order chi connectivity index (χ0) is 20.4. The molecule has 1 unspecified atom stereocenters. The van der Waals surface area contributed by atoms with Gasteiger partial charge < -0.3 is 9.64 Å². The van der Waals surface area contributed by atoms with Crippen LogP contribution in [0.3, 0.4) is 0 Å². The van der Waals surface area contributed by atoms with Crippen LogP contribution in [0.4, 0.5) is 5.82 Å². The highest BCUT2D eigenvalue weighted by molar-refractivity contribution is 7.89. The fraction of sp³-hybridized carbons (Fsp3) is 0.762. The number of pyridine rings is 1. The molecule has 0 bridgehead atoms. The standard InChI is InChI=1S/C21H34N4O3S/c1-16(29(22,26)27)18-4-2-17(3-5-18)7-10-24-11-13-25(14-12-24)21-20-19(6-9-23-21)8-15-28-20/h6,9,16-18H,2-5,7-8,10-15H2,1H3,(H2,22,26,27). The Morgan fingerprint density at radius 3 is 2.62 bits per heavy atom. The second kappa shape index (κ2) is 8.78. The molecule has 1 saturated heterocycles. The third kappa shape index (κ3) is 4.86. The van der Waals surface area contributed by atoms with Gasteiger partial charge in [0.1, 0.15) is 0 Å². The maximum Gasteiger partial charge on any atom is 0.211 e. The Morgan fingerprint density at radius 2 is 1.93 bits per heavy atom. The zero-order valence-corrected chi connectivity index (χ0v) is 18.2. The Morgan fingerprint density at radius 1 is 1.21 bits per heavy atom. The summed E-state index contributed by atoms with van der Waals surface area (Å²) in [5, 5.41) is 4.92. The number of nitrogens with zero attached hydrogens (tertiary/aromatic N) is 3. The van der Waals surface area contributed by atoms with Crippen LogP contribution in [0.15, 0.2) is 12.3 Å². The van der Waals surface area contributed by atoms with Crippen LogP contribution in [0.25, 0.3) is 0 Å². The fourth-order valence-corrected chi connectivity index (χ4v) is 5.89. The highest BCUT2D eigenvalue weighted by Crippen LogP contribution is 2.36. The van der Waals surface area contributed by atoms with E-state index in [1.807, 2.05) is 6.20 Å². The van der Waals surface area contributed by atoms with Gasteiger partial charge in [0.05, 0.1) is 11.9 Å². The van der Waals surface area contributed by atoms with Crippen molar-refractivity contribution >= 4 is 15.8 Å². The van der Waals surface area contributed by atoms with Gasteiger partial charge in [0.25, 0.3) is 0 Å². The van der Waals surface area contributed by atoms with Gasteiger partial charge in [-0.3, -0.25) is 4.90 Å². The van der Waals surface area contributed by atoms with E-state index in [-0.39, 0.29) is 5.92 Å². The normalized spacial score (nSPS) is 26.8. The summed E-state index contributed by atoms with van der Waals surface area (Å²) in [4.78, 5) is 9.50. The predicted octanol–water partition coefficient (Wildman–Crippen LogP) is 2.01. The topological polar surface area (TPSA) is 88.8 Å². The number of ether oxygens (including phenoxy) is 1. The van der Waals surface area contributed by atoms with E-state index in [9.17, 15) is 8.42 Å². The van der Waals surface area contributed by atoms with Crippen molar-refractivity contribution in [3.63, 3.8) is 0 Å². The Balaban J connectivity index is 1.20. The molecule has 8 heteroatoms. The molecule has 2 N–H and O–H groups in total. The van der Waals surface area contributed by atoms with E-state index < -0.39 is 15.3 Å². The minimum absolute atomic E-state index is 0.229. The fourth-order valence-electron chi connectivity index (χ4n) is 5.08. The first-order valence-corrected chi connectivity index (χ1v) is 12.6. The molecule has 0 radical (unpaired) electrons. The van der Waals surface area contributed by atoms with E-state index in [0.29, 0.717) is 5.92 Å². The minimum atomic E-state index is -3.41. The number of nitrogens with two attached hydrogens (primary N) is 1. The van der Waals surface area contributed by atoms with Crippen LogP contribution in [-0.4, -0.2) is 62.9 Å². The molecule has 1 atom stereocenters. The number of aromatic nitrogens is 1. The monoisotopic (exact) mass is 422 g/mol. The lowest BCUT2D eigenvalue weighted by molar-refractivity contribution is 0.203. The Labute approximate surface area is 174 Å². The number of fused-ring (bicyclic) bond motifs is 1. The van der Waals surface area contributed by atoms with Gasteiger partial charge in [0.15, 0.2) is 11.6 Å². The maximum absolute atomic E-state index is 11.6. The van der Waals surface area contributed by atoms with Crippen molar-refractivity contribution in [1.29, 1.82) is 0 Å². The number of hydrogen-bond acceptors (Lipinski definition) is 6. The van der Waals surface area contributed by atoms with Gasteiger partial charge in [-0.15, -0.1) is 0 Å². The van der Waals surface area contributed by atoms with Crippen LogP contribution < -0.4 is 14.8 Å². The van der Waals surface area contributed by atoms with Gasteiger partial charge in [-0.1, -0.05) is 12.8 Å². The smallest absolute Gasteiger partial charge is 0.211 e. The number of primary sulfonamides is 1. The van der Waals surface area contributed by atoms with Crippen molar-refractivity contribution in [1.82, 2.24) is 9.88 Å². The van der Waals surface area contributed by atoms with Crippen LogP contribution >= 0.6 is 0 Å². The van der Waals surface area contributed by atoms with E-state index in [0.717, 1.165) is 83.0 Å². The Hall–Kier alpha value is -1.38. The summed E-state index contributed by atoms with van der Waals surface area (Å²) in [5.74, 6) is 2.95. The molecule has 29 heavy (non-hydrogen) atoms. The highest BCUT2D eigenvalue weighted by Gasteiger charge is 2.31. The summed E-state index contributed by atoms with van der Waals surface area (Å²) < 4.78 is 29.0. The average Bonchev–Trinajstić information content (AvgIpc) is 3.21.